The molecule has 2 atom stereocenters. The molecule has 0 aliphatic heterocycles. The third kappa shape index (κ3) is 10.4. The Morgan fingerprint density at radius 3 is 1.21 bits per heavy atom. The summed E-state index contributed by atoms with van der Waals surface area (Å²) in [5.41, 5.74) is 9.59. The summed E-state index contributed by atoms with van der Waals surface area (Å²) in [6, 6.07) is 0. The quantitative estimate of drug-likeness (QED) is 0.257. The molecule has 0 radical (unpaired) electrons. The van der Waals surface area contributed by atoms with E-state index in [0.29, 0.717) is 0 Å². The van der Waals surface area contributed by atoms with E-state index in [1.165, 1.54) is 44.6 Å². The molecule has 0 unspecified atom stereocenters. The summed E-state index contributed by atoms with van der Waals surface area (Å²) < 4.78 is 0. The summed E-state index contributed by atoms with van der Waals surface area (Å²) >= 11 is 0. The molecular formula is C40H56O2. The first-order chi connectivity index (χ1) is 19.7. The van der Waals surface area contributed by atoms with Crippen molar-refractivity contribution in [3.8, 4) is 0 Å². The van der Waals surface area contributed by atoms with Crippen LogP contribution < -0.4 is 0 Å². The van der Waals surface area contributed by atoms with Crippen LogP contribution in [-0.4, -0.2) is 22.4 Å². The Morgan fingerprint density at radius 2 is 0.857 bits per heavy atom. The van der Waals surface area contributed by atoms with Crippen LogP contribution in [0.2, 0.25) is 0 Å². The van der Waals surface area contributed by atoms with Crippen LogP contribution in [0.3, 0.4) is 0 Å². The Kier molecular flexibility index (Phi) is 13.5. The van der Waals surface area contributed by atoms with Crippen molar-refractivity contribution in [2.24, 2.45) is 10.8 Å². The first-order valence-electron chi connectivity index (χ1n) is 15.5. The van der Waals surface area contributed by atoms with Crippen LogP contribution in [0.25, 0.3) is 0 Å². The van der Waals surface area contributed by atoms with Gasteiger partial charge in [0, 0.05) is 10.8 Å². The zero-order valence-corrected chi connectivity index (χ0v) is 28.0. The molecule has 228 valence electrons. The number of hydrogen-bond acceptors (Lipinski definition) is 2. The number of allylic oxidation sites excluding steroid dienone is 20. The molecule has 0 bridgehead atoms. The Labute approximate surface area is 257 Å². The predicted molar refractivity (Wildman–Crippen MR) is 184 cm³/mol. The highest BCUT2D eigenvalue weighted by atomic mass is 16.3. The smallest absolute Gasteiger partial charge is 0.0634 e. The van der Waals surface area contributed by atoms with Gasteiger partial charge in [0.1, 0.15) is 0 Å². The van der Waals surface area contributed by atoms with E-state index in [4.69, 9.17) is 0 Å². The molecule has 0 spiro atoms. The minimum Gasteiger partial charge on any atom is -0.392 e. The van der Waals surface area contributed by atoms with Crippen LogP contribution >= 0.6 is 0 Å². The van der Waals surface area contributed by atoms with Crippen molar-refractivity contribution in [2.45, 2.75) is 107 Å². The van der Waals surface area contributed by atoms with E-state index in [0.717, 1.165) is 25.7 Å². The predicted octanol–water partition coefficient (Wildman–Crippen LogP) is 10.5. The molecule has 2 aliphatic carbocycles. The maximum absolute atomic E-state index is 10.4. The van der Waals surface area contributed by atoms with Gasteiger partial charge in [-0.05, 0) is 78.4 Å². The van der Waals surface area contributed by atoms with E-state index in [1.807, 2.05) is 0 Å². The largest absolute Gasteiger partial charge is 0.392 e. The summed E-state index contributed by atoms with van der Waals surface area (Å²) in [4.78, 5) is 0. The third-order valence-electron chi connectivity index (χ3n) is 8.85. The van der Waals surface area contributed by atoms with Gasteiger partial charge in [-0.15, -0.1) is 0 Å². The van der Waals surface area contributed by atoms with E-state index < -0.39 is 0 Å². The third-order valence-corrected chi connectivity index (χ3v) is 8.85. The average molecular weight is 569 g/mol. The molecule has 2 nitrogen and oxygen atoms in total. The molecule has 0 fully saturated rings. The Balaban J connectivity index is 1.91. The van der Waals surface area contributed by atoms with Crippen molar-refractivity contribution in [2.75, 3.05) is 0 Å². The van der Waals surface area contributed by atoms with Crippen LogP contribution in [0.15, 0.2) is 130 Å². The highest BCUT2D eigenvalue weighted by molar-refractivity contribution is 5.40. The van der Waals surface area contributed by atoms with Gasteiger partial charge in [-0.3, -0.25) is 0 Å². The van der Waals surface area contributed by atoms with Gasteiger partial charge in [0.2, 0.25) is 0 Å². The van der Waals surface area contributed by atoms with E-state index in [-0.39, 0.29) is 23.0 Å². The van der Waals surface area contributed by atoms with Crippen LogP contribution in [0, 0.1) is 10.8 Å². The van der Waals surface area contributed by atoms with Crippen LogP contribution in [0.4, 0.5) is 0 Å². The van der Waals surface area contributed by atoms with Gasteiger partial charge < -0.3 is 10.2 Å². The van der Waals surface area contributed by atoms with Crippen molar-refractivity contribution >= 4 is 0 Å². The van der Waals surface area contributed by atoms with Crippen molar-refractivity contribution in [1.29, 1.82) is 0 Å². The van der Waals surface area contributed by atoms with Crippen LogP contribution in [0.1, 0.15) is 94.9 Å². The van der Waals surface area contributed by atoms with Gasteiger partial charge in [0.15, 0.2) is 0 Å². The SMILES string of the molecule is CC1=C(/C=C/C(C)=C/C=C/C(C)=C/C=C/C=C(C)/C=C/C=C(C)/C=C/C2=C(C)CC[C@H](O)C2(C)C)C(C)(C)[C@@H](O)CC1. The molecule has 0 amide bonds. The minimum atomic E-state index is -0.285. The van der Waals surface area contributed by atoms with Crippen molar-refractivity contribution in [3.05, 3.63) is 130 Å². The van der Waals surface area contributed by atoms with Gasteiger partial charge >= 0.3 is 0 Å². The van der Waals surface area contributed by atoms with Crippen molar-refractivity contribution in [3.63, 3.8) is 0 Å². The molecular weight excluding hydrogens is 512 g/mol. The van der Waals surface area contributed by atoms with Gasteiger partial charge in [-0.25, -0.2) is 0 Å². The lowest BCUT2D eigenvalue weighted by molar-refractivity contribution is 0.0606. The highest BCUT2D eigenvalue weighted by Gasteiger charge is 2.35. The second-order valence-electron chi connectivity index (χ2n) is 13.4. The monoisotopic (exact) mass is 568 g/mol. The minimum absolute atomic E-state index is 0.203. The lowest BCUT2D eigenvalue weighted by Gasteiger charge is -2.37. The molecule has 0 heterocycles. The molecule has 2 rings (SSSR count). The maximum Gasteiger partial charge on any atom is 0.0634 e. The summed E-state index contributed by atoms with van der Waals surface area (Å²) in [6.07, 6.45) is 32.7. The van der Waals surface area contributed by atoms with E-state index in [9.17, 15) is 10.2 Å². The summed E-state index contributed by atoms with van der Waals surface area (Å²) in [5, 5.41) is 20.9. The topological polar surface area (TPSA) is 40.5 Å². The molecule has 0 aromatic rings. The number of hydrogen-bond donors (Lipinski definition) is 2. The average Bonchev–Trinajstić information content (AvgIpc) is 2.91. The first-order valence-corrected chi connectivity index (χ1v) is 15.5. The fourth-order valence-corrected chi connectivity index (χ4v) is 5.64. The molecule has 0 aromatic carbocycles. The molecule has 0 saturated carbocycles. The molecule has 2 heteroatoms. The molecule has 2 aliphatic rings. The second-order valence-corrected chi connectivity index (χ2v) is 13.4. The lowest BCUT2D eigenvalue weighted by Crippen LogP contribution is -2.34. The number of rotatable bonds is 10. The molecule has 42 heavy (non-hydrogen) atoms. The van der Waals surface area contributed by atoms with Crippen LogP contribution in [-0.2, 0) is 0 Å². The Hall–Kier alpha value is -2.94. The van der Waals surface area contributed by atoms with Gasteiger partial charge in [0.25, 0.3) is 0 Å². The van der Waals surface area contributed by atoms with Crippen molar-refractivity contribution in [1.82, 2.24) is 0 Å². The Bertz CT molecular complexity index is 1190. The standard InChI is InChI=1S/C40H56O2/c1-29(17-13-19-31(3)21-25-35-33(5)23-27-37(41)39(35,7)8)15-11-12-16-30(2)18-14-20-32(4)22-26-36-34(6)24-28-38(42)40(36,9)10/h11-22,25-26,37-38,41-42H,23-24,27-28H2,1-10H3/b12-11+,17-13+,18-14+,25-21+,26-22+,29-15+,30-16+,31-19+,32-20+/t37-,38-/m0/s1. The number of aliphatic hydroxyl groups excluding tert-OH is 2. The van der Waals surface area contributed by atoms with E-state index in [2.05, 4.69) is 154 Å². The molecule has 2 N–H and O–H groups in total. The van der Waals surface area contributed by atoms with Gasteiger partial charge in [-0.1, -0.05) is 146 Å². The zero-order valence-electron chi connectivity index (χ0n) is 28.0. The van der Waals surface area contributed by atoms with Gasteiger partial charge in [0.05, 0.1) is 12.2 Å². The summed E-state index contributed by atoms with van der Waals surface area (Å²) in [7, 11) is 0. The first kappa shape index (κ1) is 35.3. The second kappa shape index (κ2) is 16.1. The number of aliphatic hydroxyl groups is 2. The van der Waals surface area contributed by atoms with Gasteiger partial charge in [-0.2, -0.15) is 0 Å². The summed E-state index contributed by atoms with van der Waals surface area (Å²) in [6.45, 7) is 21.3. The van der Waals surface area contributed by atoms with E-state index >= 15 is 0 Å². The Morgan fingerprint density at radius 1 is 0.548 bits per heavy atom. The van der Waals surface area contributed by atoms with E-state index in [1.54, 1.807) is 0 Å². The maximum atomic E-state index is 10.4. The zero-order chi connectivity index (χ0) is 31.5. The lowest BCUT2D eigenvalue weighted by atomic mass is 9.70. The fourth-order valence-electron chi connectivity index (χ4n) is 5.64. The normalized spacial score (nSPS) is 25.0. The summed E-state index contributed by atoms with van der Waals surface area (Å²) in [5.74, 6) is 0. The highest BCUT2D eigenvalue weighted by Crippen LogP contribution is 2.42. The van der Waals surface area contributed by atoms with Crippen molar-refractivity contribution < 1.29 is 10.2 Å². The van der Waals surface area contributed by atoms with Crippen LogP contribution in [0.5, 0.6) is 0 Å². The molecule has 0 saturated heterocycles. The fraction of sp³-hybridized carbons (Fsp3) is 0.450. The molecule has 0 aromatic heterocycles.